The molecule has 2 rings (SSSR count). The van der Waals surface area contributed by atoms with E-state index >= 15 is 0 Å². The molecule has 120 valence electrons. The van der Waals surface area contributed by atoms with Crippen LogP contribution in [-0.2, 0) is 9.53 Å². The Balaban J connectivity index is 2.49. The minimum absolute atomic E-state index is 0.0103. The van der Waals surface area contributed by atoms with Crippen molar-refractivity contribution in [3.63, 3.8) is 0 Å². The van der Waals surface area contributed by atoms with Crippen molar-refractivity contribution >= 4 is 58.2 Å². The van der Waals surface area contributed by atoms with Gasteiger partial charge in [-0.15, -0.1) is 11.3 Å². The van der Waals surface area contributed by atoms with Gasteiger partial charge in [0.05, 0.1) is 17.1 Å². The van der Waals surface area contributed by atoms with Gasteiger partial charge in [-0.2, -0.15) is 0 Å². The molecule has 0 spiro atoms. The van der Waals surface area contributed by atoms with Gasteiger partial charge < -0.3 is 9.84 Å². The number of carbonyl (C=O) groups excluding carboxylic acids is 1. The zero-order chi connectivity index (χ0) is 17.0. The third-order valence-corrected chi connectivity index (χ3v) is 4.25. The number of carbonyl (C=O) groups is 1. The van der Waals surface area contributed by atoms with Crippen molar-refractivity contribution in [1.29, 1.82) is 0 Å². The highest BCUT2D eigenvalue weighted by atomic mass is 35.5. The van der Waals surface area contributed by atoms with Crippen molar-refractivity contribution in [2.24, 2.45) is 4.99 Å². The second-order valence-electron chi connectivity index (χ2n) is 4.20. The van der Waals surface area contributed by atoms with E-state index in [-0.39, 0.29) is 21.2 Å². The molecule has 23 heavy (non-hydrogen) atoms. The number of para-hydroxylation sites is 1. The van der Waals surface area contributed by atoms with E-state index in [1.54, 1.807) is 6.07 Å². The first-order valence-electron chi connectivity index (χ1n) is 6.19. The molecule has 0 saturated heterocycles. The highest BCUT2D eigenvalue weighted by molar-refractivity contribution is 7.20. The van der Waals surface area contributed by atoms with Crippen LogP contribution in [0.4, 0.5) is 10.1 Å². The molecule has 0 radical (unpaired) electrons. The third kappa shape index (κ3) is 4.10. The number of nitrogens with zero attached hydrogens (tertiary/aromatic N) is 1. The molecule has 8 heteroatoms. The summed E-state index contributed by atoms with van der Waals surface area (Å²) in [5.74, 6) is -1.87. The molecule has 2 aromatic rings. The number of aliphatic imine (C=N–C) groups is 1. The van der Waals surface area contributed by atoms with E-state index in [4.69, 9.17) is 23.2 Å². The van der Waals surface area contributed by atoms with Gasteiger partial charge in [-0.1, -0.05) is 35.3 Å². The second-order valence-corrected chi connectivity index (χ2v) is 6.49. The largest absolute Gasteiger partial charge is 0.506 e. The lowest BCUT2D eigenvalue weighted by molar-refractivity contribution is -0.135. The first kappa shape index (κ1) is 17.5. The quantitative estimate of drug-likeness (QED) is 0.353. The van der Waals surface area contributed by atoms with Gasteiger partial charge in [0, 0.05) is 11.8 Å². The monoisotopic (exact) mass is 373 g/mol. The average Bonchev–Trinajstić information content (AvgIpc) is 2.87. The van der Waals surface area contributed by atoms with Crippen molar-refractivity contribution < 1.29 is 19.0 Å². The zero-order valence-corrected chi connectivity index (χ0v) is 14.0. The first-order chi connectivity index (χ1) is 10.9. The normalized spacial score (nSPS) is 12.3. The van der Waals surface area contributed by atoms with Crippen LogP contribution in [0.1, 0.15) is 5.56 Å². The summed E-state index contributed by atoms with van der Waals surface area (Å²) in [5.41, 5.74) is -0.0923. The summed E-state index contributed by atoms with van der Waals surface area (Å²) in [6.07, 6.45) is 1.02. The summed E-state index contributed by atoms with van der Waals surface area (Å²) in [5, 5.41) is 10.3. The summed E-state index contributed by atoms with van der Waals surface area (Å²) in [6.45, 7) is 0. The van der Waals surface area contributed by atoms with Gasteiger partial charge in [-0.3, -0.25) is 4.99 Å². The SMILES string of the molecule is COC(=O)/C(C=Nc1ccccc1F)=C(/O)c1cc(Cl)sc1Cl. The Kier molecular flexibility index (Phi) is 5.76. The Morgan fingerprint density at radius 2 is 2.09 bits per heavy atom. The lowest BCUT2D eigenvalue weighted by Gasteiger charge is -2.04. The molecule has 0 atom stereocenters. The number of aliphatic hydroxyl groups excluding tert-OH is 1. The van der Waals surface area contributed by atoms with Crippen LogP contribution in [0.15, 0.2) is 40.9 Å². The van der Waals surface area contributed by atoms with Crippen LogP contribution in [0.3, 0.4) is 0 Å². The highest BCUT2D eigenvalue weighted by Crippen LogP contribution is 2.35. The van der Waals surface area contributed by atoms with Crippen LogP contribution in [0, 0.1) is 5.82 Å². The average molecular weight is 374 g/mol. The van der Waals surface area contributed by atoms with Gasteiger partial charge in [0.2, 0.25) is 0 Å². The first-order valence-corrected chi connectivity index (χ1v) is 7.76. The van der Waals surface area contributed by atoms with Crippen LogP contribution in [-0.4, -0.2) is 24.4 Å². The number of hydrogen-bond acceptors (Lipinski definition) is 5. The number of hydrogen-bond donors (Lipinski definition) is 1. The number of benzene rings is 1. The summed E-state index contributed by atoms with van der Waals surface area (Å²) in [4.78, 5) is 15.7. The fourth-order valence-corrected chi connectivity index (χ4v) is 3.12. The van der Waals surface area contributed by atoms with Crippen molar-refractivity contribution in [3.05, 3.63) is 56.0 Å². The molecule has 0 saturated carbocycles. The molecule has 0 unspecified atom stereocenters. The summed E-state index contributed by atoms with van der Waals surface area (Å²) < 4.78 is 18.7. The lowest BCUT2D eigenvalue weighted by atomic mass is 10.1. The second kappa shape index (κ2) is 7.59. The van der Waals surface area contributed by atoms with Crippen molar-refractivity contribution in [3.8, 4) is 0 Å². The van der Waals surface area contributed by atoms with Crippen LogP contribution in [0.2, 0.25) is 8.67 Å². The highest BCUT2D eigenvalue weighted by Gasteiger charge is 2.19. The molecule has 4 nitrogen and oxygen atoms in total. The van der Waals surface area contributed by atoms with E-state index in [0.29, 0.717) is 4.34 Å². The van der Waals surface area contributed by atoms with Crippen LogP contribution >= 0.6 is 34.5 Å². The number of rotatable bonds is 4. The topological polar surface area (TPSA) is 58.9 Å². The van der Waals surface area contributed by atoms with Gasteiger partial charge in [0.15, 0.2) is 0 Å². The molecule has 0 bridgehead atoms. The third-order valence-electron chi connectivity index (χ3n) is 2.76. The van der Waals surface area contributed by atoms with Gasteiger partial charge in [0.1, 0.15) is 21.5 Å². The minimum Gasteiger partial charge on any atom is -0.506 e. The molecule has 0 amide bonds. The molecule has 0 fully saturated rings. The Bertz CT molecular complexity index is 802. The molecule has 0 aliphatic heterocycles. The molecule has 1 aromatic carbocycles. The Hall–Kier alpha value is -1.89. The van der Waals surface area contributed by atoms with Crippen molar-refractivity contribution in [2.45, 2.75) is 0 Å². The van der Waals surface area contributed by atoms with Crippen molar-refractivity contribution in [2.75, 3.05) is 7.11 Å². The molecular formula is C15H10Cl2FNO3S. The summed E-state index contributed by atoms with van der Waals surface area (Å²) in [7, 11) is 1.15. The Labute approximate surface area is 145 Å². The molecular weight excluding hydrogens is 364 g/mol. The minimum atomic E-state index is -0.846. The standard InChI is InChI=1S/C15H10Cl2FNO3S/c1-22-15(21)9(7-19-11-5-3-2-4-10(11)18)13(20)8-6-12(16)23-14(8)17/h2-7,20H,1H3/b13-9+,19-7?. The number of thiophene rings is 1. The Morgan fingerprint density at radius 3 is 2.65 bits per heavy atom. The lowest BCUT2D eigenvalue weighted by Crippen LogP contribution is -2.09. The van der Waals surface area contributed by atoms with Crippen molar-refractivity contribution in [1.82, 2.24) is 0 Å². The van der Waals surface area contributed by atoms with Gasteiger partial charge in [-0.25, -0.2) is 9.18 Å². The predicted molar refractivity (Wildman–Crippen MR) is 90.5 cm³/mol. The van der Waals surface area contributed by atoms with E-state index in [0.717, 1.165) is 24.7 Å². The maximum absolute atomic E-state index is 13.6. The van der Waals surface area contributed by atoms with E-state index in [2.05, 4.69) is 9.73 Å². The van der Waals surface area contributed by atoms with Crippen LogP contribution < -0.4 is 0 Å². The summed E-state index contributed by atoms with van der Waals surface area (Å²) in [6, 6.07) is 7.15. The molecule has 1 N–H and O–H groups in total. The van der Waals surface area contributed by atoms with Gasteiger partial charge >= 0.3 is 5.97 Å². The van der Waals surface area contributed by atoms with Crippen LogP contribution in [0.5, 0.6) is 0 Å². The van der Waals surface area contributed by atoms with E-state index in [1.807, 2.05) is 0 Å². The molecule has 0 aliphatic rings. The fourth-order valence-electron chi connectivity index (χ4n) is 1.66. The predicted octanol–water partition coefficient (Wildman–Crippen LogP) is 5.04. The number of ether oxygens (including phenoxy) is 1. The molecule has 1 aromatic heterocycles. The fraction of sp³-hybridized carbons (Fsp3) is 0.0667. The maximum Gasteiger partial charge on any atom is 0.343 e. The zero-order valence-electron chi connectivity index (χ0n) is 11.7. The van der Waals surface area contributed by atoms with Crippen LogP contribution in [0.25, 0.3) is 5.76 Å². The van der Waals surface area contributed by atoms with Gasteiger partial charge in [0.25, 0.3) is 0 Å². The number of methoxy groups -OCH3 is 1. The van der Waals surface area contributed by atoms with E-state index in [9.17, 15) is 14.3 Å². The summed E-state index contributed by atoms with van der Waals surface area (Å²) >= 11 is 12.8. The maximum atomic E-state index is 13.6. The van der Waals surface area contributed by atoms with E-state index in [1.165, 1.54) is 24.3 Å². The number of esters is 1. The van der Waals surface area contributed by atoms with Gasteiger partial charge in [-0.05, 0) is 18.2 Å². The molecule has 0 aliphatic carbocycles. The number of halogens is 3. The number of aliphatic hydroxyl groups is 1. The smallest absolute Gasteiger partial charge is 0.343 e. The molecule has 1 heterocycles. The Morgan fingerprint density at radius 1 is 1.39 bits per heavy atom. The van der Waals surface area contributed by atoms with E-state index < -0.39 is 17.5 Å².